The Morgan fingerprint density at radius 2 is 1.66 bits per heavy atom. The number of imidazole rings is 1. The largest absolute Gasteiger partial charge is 0.465 e. The first-order chi connectivity index (χ1) is 17.2. The highest BCUT2D eigenvalue weighted by Gasteiger charge is 2.16. The van der Waals surface area contributed by atoms with E-state index in [1.165, 1.54) is 7.11 Å². The van der Waals surface area contributed by atoms with Crippen molar-refractivity contribution < 1.29 is 14.4 Å². The number of nitrogens with zero attached hydrogens (tertiary/aromatic N) is 2. The third-order valence-electron chi connectivity index (χ3n) is 5.78. The van der Waals surface area contributed by atoms with Crippen molar-refractivity contribution >= 4 is 23.1 Å². The van der Waals surface area contributed by atoms with Gasteiger partial charge < -0.3 is 10.1 Å². The summed E-state index contributed by atoms with van der Waals surface area (Å²) in [6, 6.07) is 29.4. The van der Waals surface area contributed by atoms with Gasteiger partial charge in [0.05, 0.1) is 19.3 Å². The molecular weight excluding hydrogens is 440 g/mol. The first-order valence-corrected chi connectivity index (χ1v) is 11.1. The molecule has 0 aliphatic carbocycles. The molecule has 0 aliphatic heterocycles. The lowest BCUT2D eigenvalue weighted by atomic mass is 10.1. The molecule has 0 bridgehead atoms. The predicted octanol–water partition coefficient (Wildman–Crippen LogP) is 5.59. The fourth-order valence-corrected chi connectivity index (χ4v) is 3.97. The molecule has 5 rings (SSSR count). The van der Waals surface area contributed by atoms with Crippen LogP contribution in [0.25, 0.3) is 28.0 Å². The second-order valence-electron chi connectivity index (χ2n) is 8.02. The highest BCUT2D eigenvalue weighted by atomic mass is 16.6. The van der Waals surface area contributed by atoms with E-state index in [9.17, 15) is 4.79 Å². The number of fused-ring (bicyclic) bond motifs is 1. The molecule has 0 radical (unpaired) electrons. The van der Waals surface area contributed by atoms with E-state index in [2.05, 4.69) is 29.6 Å². The van der Waals surface area contributed by atoms with E-state index >= 15 is 0 Å². The van der Waals surface area contributed by atoms with E-state index in [0.717, 1.165) is 45.1 Å². The van der Waals surface area contributed by atoms with E-state index < -0.39 is 0 Å². The van der Waals surface area contributed by atoms with Crippen molar-refractivity contribution in [2.45, 2.75) is 6.61 Å². The summed E-state index contributed by atoms with van der Waals surface area (Å²) in [6.07, 6.45) is 2.01. The zero-order chi connectivity index (χ0) is 24.2. The van der Waals surface area contributed by atoms with E-state index in [1.807, 2.05) is 65.2 Å². The van der Waals surface area contributed by atoms with Gasteiger partial charge >= 0.3 is 5.97 Å². The second-order valence-corrected chi connectivity index (χ2v) is 8.02. The van der Waals surface area contributed by atoms with Crippen molar-refractivity contribution in [3.05, 3.63) is 108 Å². The van der Waals surface area contributed by atoms with Crippen LogP contribution in [-0.2, 0) is 16.2 Å². The average molecular weight is 465 g/mol. The number of ether oxygens (including phenoxy) is 1. The number of carbonyl (C=O) groups is 1. The molecular formula is C28H24N4O3. The fraction of sp³-hybridized carbons (Fsp3) is 0.0714. The number of nitrogens with two attached hydrogens (primary N) is 1. The zero-order valence-electron chi connectivity index (χ0n) is 19.1. The van der Waals surface area contributed by atoms with Crippen LogP contribution in [0.5, 0.6) is 0 Å². The minimum Gasteiger partial charge on any atom is -0.465 e. The number of anilines is 2. The summed E-state index contributed by atoms with van der Waals surface area (Å²) in [4.78, 5) is 21.5. The van der Waals surface area contributed by atoms with Gasteiger partial charge in [-0.1, -0.05) is 54.6 Å². The Bertz CT molecular complexity index is 1460. The Morgan fingerprint density at radius 3 is 2.34 bits per heavy atom. The van der Waals surface area contributed by atoms with Gasteiger partial charge in [-0.3, -0.25) is 9.24 Å². The maximum Gasteiger partial charge on any atom is 0.337 e. The Morgan fingerprint density at radius 1 is 0.914 bits per heavy atom. The first kappa shape index (κ1) is 22.3. The normalized spacial score (nSPS) is 10.9. The molecule has 2 heterocycles. The molecule has 174 valence electrons. The number of carbonyl (C=O) groups excluding carboxylic acids is 1. The van der Waals surface area contributed by atoms with Crippen LogP contribution >= 0.6 is 0 Å². The van der Waals surface area contributed by atoms with Crippen LogP contribution in [0, 0.1) is 0 Å². The molecule has 0 unspecified atom stereocenters. The molecule has 0 spiro atoms. The van der Waals surface area contributed by atoms with Crippen molar-refractivity contribution in [3.63, 3.8) is 0 Å². The van der Waals surface area contributed by atoms with Gasteiger partial charge in [0.2, 0.25) is 0 Å². The molecule has 7 nitrogen and oxygen atoms in total. The van der Waals surface area contributed by atoms with Gasteiger partial charge in [0.15, 0.2) is 0 Å². The zero-order valence-corrected chi connectivity index (χ0v) is 19.1. The summed E-state index contributed by atoms with van der Waals surface area (Å²) in [7, 11) is 1.37. The van der Waals surface area contributed by atoms with Crippen molar-refractivity contribution in [2.75, 3.05) is 12.4 Å². The highest BCUT2D eigenvalue weighted by Crippen LogP contribution is 2.33. The fourth-order valence-electron chi connectivity index (χ4n) is 3.97. The summed E-state index contributed by atoms with van der Waals surface area (Å²) in [5.74, 6) is 5.66. The number of nitrogens with one attached hydrogen (secondary N) is 1. The van der Waals surface area contributed by atoms with Gasteiger partial charge in [-0.05, 0) is 53.1 Å². The standard InChI is InChI=1S/C28H24N4O3/c1-34-28(33)22-11-13-24(14-12-22)30-27-26(21-9-7-19(8-10-21)18-35-29)31-25-17-23(15-16-32(25)27)20-5-3-2-4-6-20/h2-17,30H,18,29H2,1H3. The van der Waals surface area contributed by atoms with Crippen LogP contribution in [0.15, 0.2) is 97.2 Å². The Labute approximate surface area is 202 Å². The monoisotopic (exact) mass is 464 g/mol. The van der Waals surface area contributed by atoms with Crippen LogP contribution in [-0.4, -0.2) is 22.5 Å². The number of hydrogen-bond donors (Lipinski definition) is 2. The lowest BCUT2D eigenvalue weighted by Gasteiger charge is -2.10. The Hall–Kier alpha value is -4.46. The summed E-state index contributed by atoms with van der Waals surface area (Å²) in [6.45, 7) is 0.337. The topological polar surface area (TPSA) is 90.9 Å². The molecule has 0 aliphatic rings. The smallest absolute Gasteiger partial charge is 0.337 e. The van der Waals surface area contributed by atoms with E-state index in [4.69, 9.17) is 20.5 Å². The van der Waals surface area contributed by atoms with Crippen LogP contribution in [0.3, 0.4) is 0 Å². The minimum absolute atomic E-state index is 0.337. The Kier molecular flexibility index (Phi) is 6.26. The maximum atomic E-state index is 11.8. The minimum atomic E-state index is -0.373. The quantitative estimate of drug-likeness (QED) is 0.241. The van der Waals surface area contributed by atoms with Crippen molar-refractivity contribution in [1.82, 2.24) is 9.38 Å². The number of benzene rings is 3. The first-order valence-electron chi connectivity index (χ1n) is 11.1. The van der Waals surface area contributed by atoms with E-state index in [-0.39, 0.29) is 5.97 Å². The molecule has 5 aromatic rings. The number of aromatic nitrogens is 2. The molecule has 0 saturated carbocycles. The SMILES string of the molecule is COC(=O)c1ccc(Nc2c(-c3ccc(CON)cc3)nc3cc(-c4ccccc4)ccn23)cc1. The van der Waals surface area contributed by atoms with Gasteiger partial charge in [-0.15, -0.1) is 0 Å². The number of pyridine rings is 1. The van der Waals surface area contributed by atoms with Gasteiger partial charge in [0.1, 0.15) is 17.2 Å². The molecule has 0 atom stereocenters. The molecule has 0 amide bonds. The van der Waals surface area contributed by atoms with Gasteiger partial charge in [0, 0.05) is 17.4 Å². The Balaban J connectivity index is 1.58. The van der Waals surface area contributed by atoms with Crippen molar-refractivity contribution in [2.24, 2.45) is 5.90 Å². The third-order valence-corrected chi connectivity index (χ3v) is 5.78. The molecule has 3 aromatic carbocycles. The molecule has 35 heavy (non-hydrogen) atoms. The number of esters is 1. The van der Waals surface area contributed by atoms with Gasteiger partial charge in [-0.2, -0.15) is 0 Å². The van der Waals surface area contributed by atoms with E-state index in [0.29, 0.717) is 12.2 Å². The lowest BCUT2D eigenvalue weighted by molar-refractivity contribution is 0.0601. The van der Waals surface area contributed by atoms with Crippen LogP contribution in [0.4, 0.5) is 11.5 Å². The number of rotatable bonds is 7. The maximum absolute atomic E-state index is 11.8. The van der Waals surface area contributed by atoms with Crippen LogP contribution in [0.2, 0.25) is 0 Å². The summed E-state index contributed by atoms with van der Waals surface area (Å²) in [5.41, 5.74) is 7.04. The van der Waals surface area contributed by atoms with Gasteiger partial charge in [-0.25, -0.2) is 15.7 Å². The summed E-state index contributed by atoms with van der Waals surface area (Å²) in [5, 5.41) is 3.48. The molecule has 7 heteroatoms. The highest BCUT2D eigenvalue weighted by molar-refractivity contribution is 5.90. The predicted molar refractivity (Wildman–Crippen MR) is 136 cm³/mol. The number of methoxy groups -OCH3 is 1. The van der Waals surface area contributed by atoms with Gasteiger partial charge in [0.25, 0.3) is 0 Å². The third kappa shape index (κ3) is 4.63. The molecule has 0 fully saturated rings. The summed E-state index contributed by atoms with van der Waals surface area (Å²) >= 11 is 0. The van der Waals surface area contributed by atoms with E-state index in [1.54, 1.807) is 12.1 Å². The summed E-state index contributed by atoms with van der Waals surface area (Å²) < 4.78 is 6.82. The molecule has 2 aromatic heterocycles. The average Bonchev–Trinajstić information content (AvgIpc) is 3.27. The van der Waals surface area contributed by atoms with Crippen molar-refractivity contribution in [1.29, 1.82) is 0 Å². The molecule has 0 saturated heterocycles. The van der Waals surface area contributed by atoms with Crippen molar-refractivity contribution in [3.8, 4) is 22.4 Å². The second kappa shape index (κ2) is 9.80. The van der Waals surface area contributed by atoms with Crippen LogP contribution in [0.1, 0.15) is 15.9 Å². The number of hydrogen-bond acceptors (Lipinski definition) is 6. The lowest BCUT2D eigenvalue weighted by Crippen LogP contribution is -2.02. The van der Waals surface area contributed by atoms with Crippen LogP contribution < -0.4 is 11.2 Å². The molecule has 3 N–H and O–H groups in total.